The summed E-state index contributed by atoms with van der Waals surface area (Å²) in [6, 6.07) is 0. The highest BCUT2D eigenvalue weighted by Gasteiger charge is 2.16. The van der Waals surface area contributed by atoms with Gasteiger partial charge in [-0.1, -0.05) is 33.1 Å². The lowest BCUT2D eigenvalue weighted by Crippen LogP contribution is -2.18. The molecule has 0 aliphatic carbocycles. The summed E-state index contributed by atoms with van der Waals surface area (Å²) < 4.78 is 15.2. The van der Waals surface area contributed by atoms with E-state index >= 15 is 0 Å². The Morgan fingerprint density at radius 3 is 2.43 bits per heavy atom. The monoisotopic (exact) mass is 304 g/mol. The van der Waals surface area contributed by atoms with Gasteiger partial charge in [-0.05, 0) is 12.3 Å². The molecule has 6 nitrogen and oxygen atoms in total. The zero-order valence-electron chi connectivity index (χ0n) is 13.0. The molecule has 124 valence electrons. The van der Waals surface area contributed by atoms with Crippen molar-refractivity contribution in [3.05, 3.63) is 12.0 Å². The molecule has 0 saturated carbocycles. The molecule has 0 amide bonds. The number of hydrogen-bond donors (Lipinski definition) is 2. The summed E-state index contributed by atoms with van der Waals surface area (Å²) in [5.74, 6) is -0.370. The van der Waals surface area contributed by atoms with E-state index in [1.807, 2.05) is 0 Å². The maximum atomic E-state index is 11.9. The molecule has 0 radical (unpaired) electrons. The Morgan fingerprint density at radius 2 is 1.86 bits per heavy atom. The van der Waals surface area contributed by atoms with Crippen LogP contribution in [0, 0.1) is 5.92 Å². The molecule has 0 aromatic rings. The molecule has 1 unspecified atom stereocenters. The van der Waals surface area contributed by atoms with E-state index in [-0.39, 0.29) is 32.2 Å². The van der Waals surface area contributed by atoms with Crippen LogP contribution in [-0.2, 0) is 19.0 Å². The van der Waals surface area contributed by atoms with Gasteiger partial charge in [-0.25, -0.2) is 4.79 Å². The van der Waals surface area contributed by atoms with Crippen LogP contribution in [0.1, 0.15) is 39.5 Å². The molecule has 1 atom stereocenters. The minimum Gasteiger partial charge on any atom is -0.495 e. The number of esters is 1. The highest BCUT2D eigenvalue weighted by atomic mass is 16.6. The van der Waals surface area contributed by atoms with Crippen LogP contribution in [0.5, 0.6) is 0 Å². The van der Waals surface area contributed by atoms with Gasteiger partial charge in [0.05, 0.1) is 19.8 Å². The van der Waals surface area contributed by atoms with Gasteiger partial charge in [0.2, 0.25) is 5.76 Å². The number of aliphatic hydroxyl groups is 2. The summed E-state index contributed by atoms with van der Waals surface area (Å²) in [5, 5.41) is 17.4. The van der Waals surface area contributed by atoms with Crippen LogP contribution in [0.15, 0.2) is 12.0 Å². The van der Waals surface area contributed by atoms with Crippen LogP contribution in [0.3, 0.4) is 0 Å². The summed E-state index contributed by atoms with van der Waals surface area (Å²) in [5.41, 5.74) is 0. The van der Waals surface area contributed by atoms with Crippen LogP contribution < -0.4 is 0 Å². The number of carbonyl (C=O) groups is 1. The number of hydrogen-bond acceptors (Lipinski definition) is 6. The molecular formula is C15H28O6. The first kappa shape index (κ1) is 19.7. The van der Waals surface area contributed by atoms with Gasteiger partial charge >= 0.3 is 5.97 Å². The predicted molar refractivity (Wildman–Crippen MR) is 78.4 cm³/mol. The van der Waals surface area contributed by atoms with Gasteiger partial charge in [0.1, 0.15) is 19.5 Å². The van der Waals surface area contributed by atoms with Gasteiger partial charge in [0.25, 0.3) is 0 Å². The Labute approximate surface area is 126 Å². The van der Waals surface area contributed by atoms with E-state index in [2.05, 4.69) is 13.8 Å². The molecule has 0 aliphatic heterocycles. The van der Waals surface area contributed by atoms with Crippen molar-refractivity contribution in [2.24, 2.45) is 5.92 Å². The van der Waals surface area contributed by atoms with Crippen molar-refractivity contribution in [2.45, 2.75) is 39.5 Å². The van der Waals surface area contributed by atoms with Crippen molar-refractivity contribution in [1.82, 2.24) is 0 Å². The Balaban J connectivity index is 4.33. The first-order valence-corrected chi connectivity index (χ1v) is 7.52. The Bertz CT molecular complexity index is 290. The lowest BCUT2D eigenvalue weighted by molar-refractivity contribution is -0.145. The standard InChI is InChI=1S/C15H28O6/c1-3-5-6-13(4-2)11-21-15(18)14(20-10-8-17)12-19-9-7-16/h12-13,16-17H,3-11H2,1-2H3. The van der Waals surface area contributed by atoms with Crippen molar-refractivity contribution >= 4 is 5.97 Å². The van der Waals surface area contributed by atoms with Crippen LogP contribution in [0.2, 0.25) is 0 Å². The van der Waals surface area contributed by atoms with Gasteiger partial charge in [0.15, 0.2) is 0 Å². The molecule has 21 heavy (non-hydrogen) atoms. The van der Waals surface area contributed by atoms with Crippen LogP contribution >= 0.6 is 0 Å². The van der Waals surface area contributed by atoms with E-state index < -0.39 is 5.97 Å². The normalized spacial score (nSPS) is 12.9. The largest absolute Gasteiger partial charge is 0.495 e. The Kier molecular flexibility index (Phi) is 12.9. The number of rotatable bonds is 13. The van der Waals surface area contributed by atoms with Gasteiger partial charge in [-0.15, -0.1) is 0 Å². The summed E-state index contributed by atoms with van der Waals surface area (Å²) in [6.45, 7) is 4.21. The van der Waals surface area contributed by atoms with Gasteiger partial charge < -0.3 is 24.4 Å². The third-order valence-electron chi connectivity index (χ3n) is 2.94. The van der Waals surface area contributed by atoms with Gasteiger partial charge in [-0.2, -0.15) is 0 Å². The summed E-state index contributed by atoms with van der Waals surface area (Å²) in [6.07, 6.45) is 5.31. The molecule has 0 bridgehead atoms. The molecule has 0 fully saturated rings. The molecule has 0 aliphatic rings. The molecular weight excluding hydrogens is 276 g/mol. The molecule has 0 rings (SSSR count). The van der Waals surface area contributed by atoms with Gasteiger partial charge in [0, 0.05) is 0 Å². The zero-order valence-corrected chi connectivity index (χ0v) is 13.0. The second kappa shape index (κ2) is 13.7. The van der Waals surface area contributed by atoms with Gasteiger partial charge in [-0.3, -0.25) is 0 Å². The number of carbonyl (C=O) groups excluding carboxylic acids is 1. The number of ether oxygens (including phenoxy) is 3. The maximum Gasteiger partial charge on any atom is 0.376 e. The Hall–Kier alpha value is -1.27. The number of aliphatic hydroxyl groups excluding tert-OH is 2. The fraction of sp³-hybridized carbons (Fsp3) is 0.800. The van der Waals surface area contributed by atoms with Crippen molar-refractivity contribution < 1.29 is 29.2 Å². The Morgan fingerprint density at radius 1 is 1.14 bits per heavy atom. The zero-order chi connectivity index (χ0) is 15.9. The smallest absolute Gasteiger partial charge is 0.376 e. The van der Waals surface area contributed by atoms with E-state index in [1.54, 1.807) is 0 Å². The maximum absolute atomic E-state index is 11.9. The number of unbranched alkanes of at least 4 members (excludes halogenated alkanes) is 1. The van der Waals surface area contributed by atoms with E-state index in [9.17, 15) is 4.79 Å². The molecule has 0 aromatic heterocycles. The lowest BCUT2D eigenvalue weighted by atomic mass is 10.0. The minimum absolute atomic E-state index is 0.0174. The average Bonchev–Trinajstić information content (AvgIpc) is 2.50. The summed E-state index contributed by atoms with van der Waals surface area (Å²) in [7, 11) is 0. The minimum atomic E-state index is -0.615. The van der Waals surface area contributed by atoms with Crippen LogP contribution in [0.25, 0.3) is 0 Å². The second-order valence-electron chi connectivity index (χ2n) is 4.66. The molecule has 0 aromatic carbocycles. The van der Waals surface area contributed by atoms with Crippen molar-refractivity contribution in [3.8, 4) is 0 Å². The fourth-order valence-corrected chi connectivity index (χ4v) is 1.65. The SMILES string of the molecule is CCCCC(CC)COC(=O)C(=COCCO)OCCO. The van der Waals surface area contributed by atoms with Crippen LogP contribution in [-0.4, -0.2) is 49.2 Å². The van der Waals surface area contributed by atoms with E-state index in [1.165, 1.54) is 0 Å². The third-order valence-corrected chi connectivity index (χ3v) is 2.94. The quantitative estimate of drug-likeness (QED) is 0.233. The van der Waals surface area contributed by atoms with E-state index in [4.69, 9.17) is 24.4 Å². The molecule has 0 spiro atoms. The molecule has 2 N–H and O–H groups in total. The molecule has 0 heterocycles. The highest BCUT2D eigenvalue weighted by Crippen LogP contribution is 2.14. The molecule has 0 saturated heterocycles. The van der Waals surface area contributed by atoms with Crippen LogP contribution in [0.4, 0.5) is 0 Å². The van der Waals surface area contributed by atoms with Crippen molar-refractivity contribution in [1.29, 1.82) is 0 Å². The fourth-order valence-electron chi connectivity index (χ4n) is 1.65. The summed E-state index contributed by atoms with van der Waals surface area (Å²) >= 11 is 0. The second-order valence-corrected chi connectivity index (χ2v) is 4.66. The van der Waals surface area contributed by atoms with Crippen molar-refractivity contribution in [3.63, 3.8) is 0 Å². The van der Waals surface area contributed by atoms with E-state index in [0.717, 1.165) is 31.9 Å². The average molecular weight is 304 g/mol. The first-order valence-electron chi connectivity index (χ1n) is 7.52. The van der Waals surface area contributed by atoms with Crippen molar-refractivity contribution in [2.75, 3.05) is 33.0 Å². The first-order chi connectivity index (χ1) is 10.2. The molecule has 6 heteroatoms. The lowest BCUT2D eigenvalue weighted by Gasteiger charge is -2.15. The third kappa shape index (κ3) is 10.1. The topological polar surface area (TPSA) is 85.2 Å². The highest BCUT2D eigenvalue weighted by molar-refractivity contribution is 5.85. The predicted octanol–water partition coefficient (Wildman–Crippen LogP) is 1.61. The summed E-state index contributed by atoms with van der Waals surface area (Å²) in [4.78, 5) is 11.9. The van der Waals surface area contributed by atoms with E-state index in [0.29, 0.717) is 12.5 Å².